The van der Waals surface area contributed by atoms with Gasteiger partial charge in [-0.15, -0.1) is 0 Å². The third-order valence-corrected chi connectivity index (χ3v) is 3.24. The fourth-order valence-corrected chi connectivity index (χ4v) is 2.14. The van der Waals surface area contributed by atoms with E-state index in [0.717, 1.165) is 5.69 Å². The first-order chi connectivity index (χ1) is 9.06. The molecule has 0 aliphatic rings. The van der Waals surface area contributed by atoms with Gasteiger partial charge < -0.3 is 5.32 Å². The van der Waals surface area contributed by atoms with Crippen LogP contribution in [0.4, 0.5) is 4.39 Å². The monoisotopic (exact) mass is 258 g/mol. The average molecular weight is 258 g/mol. The molecule has 0 aliphatic heterocycles. The van der Waals surface area contributed by atoms with Crippen molar-refractivity contribution in [3.8, 4) is 0 Å². The summed E-state index contributed by atoms with van der Waals surface area (Å²) >= 11 is 0. The Labute approximate surface area is 113 Å². The lowest BCUT2D eigenvalue weighted by atomic mass is 10.0. The quantitative estimate of drug-likeness (QED) is 0.898. The molecule has 0 spiro atoms. The van der Waals surface area contributed by atoms with Gasteiger partial charge >= 0.3 is 0 Å². The van der Waals surface area contributed by atoms with Gasteiger partial charge in [0.05, 0.1) is 11.9 Å². The minimum absolute atomic E-state index is 0.0797. The van der Waals surface area contributed by atoms with Crippen molar-refractivity contribution in [2.24, 2.45) is 0 Å². The minimum Gasteiger partial charge on any atom is -0.302 e. The van der Waals surface area contributed by atoms with Crippen molar-refractivity contribution in [2.45, 2.75) is 32.9 Å². The highest BCUT2D eigenvalue weighted by Crippen LogP contribution is 2.19. The molecule has 0 saturated heterocycles. The van der Waals surface area contributed by atoms with Crippen LogP contribution in [0.2, 0.25) is 0 Å². The predicted octanol–water partition coefficient (Wildman–Crippen LogP) is 3.94. The van der Waals surface area contributed by atoms with E-state index in [1.807, 2.05) is 6.92 Å². The molecule has 1 aromatic carbocycles. The molecule has 0 aliphatic carbocycles. The molecular formula is C16H19FN2. The summed E-state index contributed by atoms with van der Waals surface area (Å²) in [5, 5.41) is 3.47. The Morgan fingerprint density at radius 2 is 1.89 bits per heavy atom. The first-order valence-corrected chi connectivity index (χ1v) is 6.50. The van der Waals surface area contributed by atoms with Crippen LogP contribution in [0, 0.1) is 12.7 Å². The van der Waals surface area contributed by atoms with Crippen LogP contribution in [0.3, 0.4) is 0 Å². The van der Waals surface area contributed by atoms with Gasteiger partial charge in [-0.1, -0.05) is 29.8 Å². The maximum absolute atomic E-state index is 12.8. The molecule has 0 amide bonds. The molecule has 2 aromatic rings. The second-order valence-corrected chi connectivity index (χ2v) is 4.93. The molecule has 100 valence electrons. The lowest BCUT2D eigenvalue weighted by Crippen LogP contribution is -2.23. The number of nitrogens with one attached hydrogen (secondary N) is 1. The summed E-state index contributed by atoms with van der Waals surface area (Å²) in [6, 6.07) is 11.9. The van der Waals surface area contributed by atoms with E-state index in [1.165, 1.54) is 23.4 Å². The highest BCUT2D eigenvalue weighted by atomic mass is 19.1. The van der Waals surface area contributed by atoms with E-state index in [-0.39, 0.29) is 17.9 Å². The Balaban J connectivity index is 2.06. The lowest BCUT2D eigenvalue weighted by Gasteiger charge is -2.20. The largest absolute Gasteiger partial charge is 0.302 e. The van der Waals surface area contributed by atoms with Crippen molar-refractivity contribution in [3.05, 3.63) is 65.2 Å². The van der Waals surface area contributed by atoms with Crippen LogP contribution in [0.5, 0.6) is 0 Å². The third kappa shape index (κ3) is 3.61. The fourth-order valence-electron chi connectivity index (χ4n) is 2.14. The van der Waals surface area contributed by atoms with E-state index in [2.05, 4.69) is 48.4 Å². The number of aryl methyl sites for hydroxylation is 1. The van der Waals surface area contributed by atoms with Crippen LogP contribution >= 0.6 is 0 Å². The Kier molecular flexibility index (Phi) is 4.27. The van der Waals surface area contributed by atoms with Crippen molar-refractivity contribution in [3.63, 3.8) is 0 Å². The molecular weight excluding hydrogens is 239 g/mol. The van der Waals surface area contributed by atoms with Crippen LogP contribution in [0.1, 0.15) is 42.8 Å². The van der Waals surface area contributed by atoms with Gasteiger partial charge in [0, 0.05) is 12.1 Å². The first kappa shape index (κ1) is 13.7. The van der Waals surface area contributed by atoms with Crippen LogP contribution < -0.4 is 5.32 Å². The molecule has 1 N–H and O–H groups in total. The second-order valence-electron chi connectivity index (χ2n) is 4.93. The molecule has 19 heavy (non-hydrogen) atoms. The van der Waals surface area contributed by atoms with E-state index in [1.54, 1.807) is 6.07 Å². The van der Waals surface area contributed by atoms with E-state index >= 15 is 0 Å². The average Bonchev–Trinajstić information content (AvgIpc) is 2.39. The van der Waals surface area contributed by atoms with Crippen LogP contribution in [0.15, 0.2) is 42.6 Å². The molecule has 0 saturated carbocycles. The van der Waals surface area contributed by atoms with Crippen molar-refractivity contribution in [1.29, 1.82) is 0 Å². The van der Waals surface area contributed by atoms with Gasteiger partial charge in [0.25, 0.3) is 0 Å². The summed E-state index contributed by atoms with van der Waals surface area (Å²) in [6.07, 6.45) is 1.25. The molecule has 1 heterocycles. The van der Waals surface area contributed by atoms with E-state index in [9.17, 15) is 4.39 Å². The van der Waals surface area contributed by atoms with Gasteiger partial charge in [-0.25, -0.2) is 4.39 Å². The zero-order chi connectivity index (χ0) is 13.8. The summed E-state index contributed by atoms with van der Waals surface area (Å²) < 4.78 is 12.8. The molecule has 0 fully saturated rings. The molecule has 2 atom stereocenters. The minimum atomic E-state index is -0.303. The number of nitrogens with zero attached hydrogens (tertiary/aromatic N) is 1. The van der Waals surface area contributed by atoms with Gasteiger partial charge in [0.1, 0.15) is 5.82 Å². The van der Waals surface area contributed by atoms with Gasteiger partial charge in [-0.3, -0.25) is 4.98 Å². The van der Waals surface area contributed by atoms with Crippen molar-refractivity contribution < 1.29 is 4.39 Å². The highest BCUT2D eigenvalue weighted by Gasteiger charge is 2.12. The number of hydrogen-bond donors (Lipinski definition) is 1. The zero-order valence-electron chi connectivity index (χ0n) is 11.5. The zero-order valence-corrected chi connectivity index (χ0v) is 11.5. The Hall–Kier alpha value is -1.74. The summed E-state index contributed by atoms with van der Waals surface area (Å²) in [6.45, 7) is 6.24. The normalized spacial score (nSPS) is 14.1. The van der Waals surface area contributed by atoms with Crippen LogP contribution in [-0.2, 0) is 0 Å². The Morgan fingerprint density at radius 3 is 2.53 bits per heavy atom. The topological polar surface area (TPSA) is 24.9 Å². The number of halogens is 1. The van der Waals surface area contributed by atoms with Crippen molar-refractivity contribution in [2.75, 3.05) is 0 Å². The number of hydrogen-bond acceptors (Lipinski definition) is 2. The Morgan fingerprint density at radius 1 is 1.11 bits per heavy atom. The SMILES string of the molecule is Cc1cccc([C@@H](C)NC(C)c2ccc(F)cn2)c1. The molecule has 0 radical (unpaired) electrons. The summed E-state index contributed by atoms with van der Waals surface area (Å²) in [5.41, 5.74) is 3.34. The summed E-state index contributed by atoms with van der Waals surface area (Å²) in [7, 11) is 0. The van der Waals surface area contributed by atoms with Gasteiger partial charge in [0.2, 0.25) is 0 Å². The number of benzene rings is 1. The molecule has 3 heteroatoms. The van der Waals surface area contributed by atoms with Crippen LogP contribution in [-0.4, -0.2) is 4.98 Å². The summed E-state index contributed by atoms with van der Waals surface area (Å²) in [4.78, 5) is 4.10. The van der Waals surface area contributed by atoms with Crippen LogP contribution in [0.25, 0.3) is 0 Å². The molecule has 0 bridgehead atoms. The lowest BCUT2D eigenvalue weighted by molar-refractivity contribution is 0.484. The molecule has 1 unspecified atom stereocenters. The van der Waals surface area contributed by atoms with Gasteiger partial charge in [-0.2, -0.15) is 0 Å². The number of pyridine rings is 1. The second kappa shape index (κ2) is 5.93. The smallest absolute Gasteiger partial charge is 0.141 e. The molecule has 2 nitrogen and oxygen atoms in total. The maximum Gasteiger partial charge on any atom is 0.141 e. The number of aromatic nitrogens is 1. The standard InChI is InChI=1S/C16H19FN2/c1-11-5-4-6-14(9-11)12(2)19-13(3)16-8-7-15(17)10-18-16/h4-10,12-13,19H,1-3H3/t12-,13?/m1/s1. The highest BCUT2D eigenvalue weighted by molar-refractivity contribution is 5.25. The molecule has 1 aromatic heterocycles. The predicted molar refractivity (Wildman–Crippen MR) is 75.3 cm³/mol. The van der Waals surface area contributed by atoms with Crippen molar-refractivity contribution in [1.82, 2.24) is 10.3 Å². The molecule has 2 rings (SSSR count). The van der Waals surface area contributed by atoms with E-state index in [4.69, 9.17) is 0 Å². The van der Waals surface area contributed by atoms with E-state index < -0.39 is 0 Å². The maximum atomic E-state index is 12.8. The fraction of sp³-hybridized carbons (Fsp3) is 0.312. The number of rotatable bonds is 4. The van der Waals surface area contributed by atoms with Crippen molar-refractivity contribution >= 4 is 0 Å². The van der Waals surface area contributed by atoms with Gasteiger partial charge in [-0.05, 0) is 38.5 Å². The third-order valence-electron chi connectivity index (χ3n) is 3.24. The van der Waals surface area contributed by atoms with E-state index in [0.29, 0.717) is 0 Å². The Bertz CT molecular complexity index is 537. The van der Waals surface area contributed by atoms with Gasteiger partial charge in [0.15, 0.2) is 0 Å². The summed E-state index contributed by atoms with van der Waals surface area (Å²) in [5.74, 6) is -0.303. The first-order valence-electron chi connectivity index (χ1n) is 6.50.